The van der Waals surface area contributed by atoms with Gasteiger partial charge in [-0.1, -0.05) is 134 Å². The second-order valence-corrected chi connectivity index (χ2v) is 27.6. The number of benzene rings is 2. The molecule has 0 spiro atoms. The molecule has 0 saturated carbocycles. The van der Waals surface area contributed by atoms with Crippen molar-refractivity contribution in [2.24, 2.45) is 0 Å². The van der Waals surface area contributed by atoms with Gasteiger partial charge in [-0.05, 0) is 58.3 Å². The van der Waals surface area contributed by atoms with E-state index in [0.717, 1.165) is 16.9 Å². The topological polar surface area (TPSA) is 113 Å². The van der Waals surface area contributed by atoms with E-state index in [9.17, 15) is 5.11 Å². The van der Waals surface area contributed by atoms with Crippen molar-refractivity contribution in [1.82, 2.24) is 0 Å². The van der Waals surface area contributed by atoms with E-state index in [-0.39, 0.29) is 46.6 Å². The molecule has 2 fully saturated rings. The lowest BCUT2D eigenvalue weighted by Crippen LogP contribution is -2.65. The maximum Gasteiger partial charge on any atom is 0.335 e. The molecule has 0 amide bonds. The van der Waals surface area contributed by atoms with Gasteiger partial charge in [-0.3, -0.25) is 0 Å². The average Bonchev–Trinajstić information content (AvgIpc) is 3.56. The summed E-state index contributed by atoms with van der Waals surface area (Å²) in [6, 6.07) is 18.0. The zero-order valence-electron chi connectivity index (χ0n) is 38.3. The molecule has 0 radical (unpaired) electrons. The summed E-state index contributed by atoms with van der Waals surface area (Å²) in [5.41, 5.74) is 2.87. The molecule has 5 heterocycles. The van der Waals surface area contributed by atoms with Gasteiger partial charge in [0.2, 0.25) is 0 Å². The molecule has 5 aliphatic rings. The molecule has 0 aromatic heterocycles. The van der Waals surface area contributed by atoms with E-state index in [4.69, 9.17) is 46.1 Å². The Hall–Kier alpha value is -2.51. The summed E-state index contributed by atoms with van der Waals surface area (Å²) in [6.07, 6.45) is 8.53. The van der Waals surface area contributed by atoms with E-state index < -0.39 is 59.8 Å². The van der Waals surface area contributed by atoms with Crippen molar-refractivity contribution in [3.05, 3.63) is 102 Å². The molecule has 11 nitrogen and oxygen atoms in total. The van der Waals surface area contributed by atoms with Crippen LogP contribution in [0.25, 0.3) is 0 Å². The van der Waals surface area contributed by atoms with Gasteiger partial charge < -0.3 is 51.2 Å². The van der Waals surface area contributed by atoms with Crippen molar-refractivity contribution in [2.75, 3.05) is 20.3 Å². The maximum atomic E-state index is 11.9. The number of hydrogen-bond acceptors (Lipinski definition) is 11. The van der Waals surface area contributed by atoms with Crippen molar-refractivity contribution < 1.29 is 51.2 Å². The summed E-state index contributed by atoms with van der Waals surface area (Å²) in [6.45, 7) is 19.3. The monoisotopic (exact) mass is 892 g/mol. The van der Waals surface area contributed by atoms with E-state index in [2.05, 4.69) is 85.8 Å². The van der Waals surface area contributed by atoms with Gasteiger partial charge in [0, 0.05) is 6.42 Å². The standard InChI is InChI=1S/C49H72O11Si2/c1-32(2)61(33(3)4)55-31-46-42(59-62(60-61,34(5)6)35(7)8)20-15-19-40-41(57-46)26-25-39(50)44(56-40)28-45-48(53-30-37-21-23-38(51-9)24-22-37)49(54-29-36-16-11-10-12-17-36)47-43(58-45)18-13-14-27-52-47/h10-17,20-26,32-35,39-50H,18-19,27-31H2,1-9H3/b20-15-/t39-,40-,41+,42+,43+,44+,45-,46-,47+,48-,49-/m1/s1. The zero-order chi connectivity index (χ0) is 44.0. The molecule has 62 heavy (non-hydrogen) atoms. The van der Waals surface area contributed by atoms with E-state index >= 15 is 0 Å². The predicted molar refractivity (Wildman–Crippen MR) is 243 cm³/mol. The molecule has 7 rings (SSSR count). The Bertz CT molecular complexity index is 1770. The number of rotatable bonds is 13. The van der Waals surface area contributed by atoms with Crippen LogP contribution in [0.1, 0.15) is 85.8 Å². The minimum absolute atomic E-state index is 0.197. The number of aliphatic hydroxyl groups excluding tert-OH is 1. The number of hydrogen-bond donors (Lipinski definition) is 1. The van der Waals surface area contributed by atoms with Gasteiger partial charge in [0.1, 0.15) is 36.3 Å². The largest absolute Gasteiger partial charge is 0.497 e. The molecule has 2 saturated heterocycles. The second kappa shape index (κ2) is 21.2. The first-order valence-corrected chi connectivity index (χ1v) is 27.0. The Labute approximate surface area is 372 Å². The van der Waals surface area contributed by atoms with Crippen molar-refractivity contribution in [3.63, 3.8) is 0 Å². The maximum absolute atomic E-state index is 11.9. The molecular formula is C49H72O11Si2. The van der Waals surface area contributed by atoms with Crippen LogP contribution in [-0.2, 0) is 54.6 Å². The summed E-state index contributed by atoms with van der Waals surface area (Å²) in [5, 5.41) is 11.9. The lowest BCUT2D eigenvalue weighted by Gasteiger charge is -2.52. The Morgan fingerprint density at radius 1 is 0.645 bits per heavy atom. The highest BCUT2D eigenvalue weighted by molar-refractivity contribution is 6.84. The van der Waals surface area contributed by atoms with Gasteiger partial charge in [0.15, 0.2) is 0 Å². The normalized spacial score (nSPS) is 33.9. The smallest absolute Gasteiger partial charge is 0.335 e. The first-order valence-electron chi connectivity index (χ1n) is 23.0. The van der Waals surface area contributed by atoms with Gasteiger partial charge >= 0.3 is 17.1 Å². The van der Waals surface area contributed by atoms with Gasteiger partial charge in [0.05, 0.1) is 70.2 Å². The van der Waals surface area contributed by atoms with Crippen molar-refractivity contribution in [1.29, 1.82) is 0 Å². The van der Waals surface area contributed by atoms with Crippen LogP contribution in [0.3, 0.4) is 0 Å². The van der Waals surface area contributed by atoms with Crippen LogP contribution in [0.4, 0.5) is 0 Å². The van der Waals surface area contributed by atoms with Crippen LogP contribution in [-0.4, -0.2) is 110 Å². The Morgan fingerprint density at radius 3 is 1.97 bits per heavy atom. The third kappa shape index (κ3) is 10.6. The fraction of sp³-hybridized carbons (Fsp3) is 0.633. The third-order valence-corrected chi connectivity index (χ3v) is 23.6. The molecule has 13 heteroatoms. The van der Waals surface area contributed by atoms with Crippen LogP contribution in [0.15, 0.2) is 91.1 Å². The summed E-state index contributed by atoms with van der Waals surface area (Å²) in [4.78, 5) is 0. The average molecular weight is 893 g/mol. The Kier molecular flexibility index (Phi) is 16.2. The van der Waals surface area contributed by atoms with Crippen LogP contribution in [0.5, 0.6) is 5.75 Å². The van der Waals surface area contributed by atoms with E-state index in [1.807, 2.05) is 60.7 Å². The zero-order valence-corrected chi connectivity index (χ0v) is 40.3. The second-order valence-electron chi connectivity index (χ2n) is 18.8. The minimum Gasteiger partial charge on any atom is -0.497 e. The highest BCUT2D eigenvalue weighted by Gasteiger charge is 2.59. The first-order chi connectivity index (χ1) is 29.8. The molecule has 1 N–H and O–H groups in total. The highest BCUT2D eigenvalue weighted by Crippen LogP contribution is 2.47. The quantitative estimate of drug-likeness (QED) is 0.154. The molecule has 0 bridgehead atoms. The Morgan fingerprint density at radius 2 is 1.29 bits per heavy atom. The number of aliphatic hydroxyl groups is 1. The summed E-state index contributed by atoms with van der Waals surface area (Å²) >= 11 is 0. The third-order valence-electron chi connectivity index (χ3n) is 13.3. The van der Waals surface area contributed by atoms with Gasteiger partial charge in [-0.2, -0.15) is 0 Å². The molecular weight excluding hydrogens is 821 g/mol. The molecule has 2 aromatic carbocycles. The minimum atomic E-state index is -2.85. The molecule has 11 atom stereocenters. The number of fused-ring (bicyclic) bond motifs is 3. The van der Waals surface area contributed by atoms with Crippen LogP contribution < -0.4 is 4.74 Å². The van der Waals surface area contributed by atoms with Gasteiger partial charge in [-0.15, -0.1) is 0 Å². The van der Waals surface area contributed by atoms with Gasteiger partial charge in [0.25, 0.3) is 0 Å². The Balaban J connectivity index is 1.15. The first kappa shape index (κ1) is 47.5. The molecule has 5 aliphatic heterocycles. The number of methoxy groups -OCH3 is 1. The molecule has 342 valence electrons. The lowest BCUT2D eigenvalue weighted by atomic mass is 9.89. The van der Waals surface area contributed by atoms with Crippen LogP contribution in [0, 0.1) is 0 Å². The summed E-state index contributed by atoms with van der Waals surface area (Å²) in [5.74, 6) is 0.777. The van der Waals surface area contributed by atoms with E-state index in [1.165, 1.54) is 0 Å². The van der Waals surface area contributed by atoms with E-state index in [0.29, 0.717) is 45.7 Å². The SMILES string of the molecule is COc1ccc(CO[C@H]2[C@H](OCc3ccccc3)[C@H]3OCC=CC[C@@H]3O[C@@H]2C[C@@H]2O[C@@H]3C/C=C\[C@@H]4O[Si](C(C)C)(C(C)C)O[Si](C(C)C)(C(C)C)OC[C@H]4O[C@H]3C=C[C@H]2O)cc1. The van der Waals surface area contributed by atoms with Crippen LogP contribution in [0.2, 0.25) is 22.2 Å². The number of ether oxygens (including phenoxy) is 7. The predicted octanol–water partition coefficient (Wildman–Crippen LogP) is 9.02. The molecule has 0 unspecified atom stereocenters. The van der Waals surface area contributed by atoms with E-state index in [1.54, 1.807) is 7.11 Å². The van der Waals surface area contributed by atoms with Crippen molar-refractivity contribution in [3.8, 4) is 5.75 Å². The van der Waals surface area contributed by atoms with Crippen molar-refractivity contribution in [2.45, 2.75) is 177 Å². The fourth-order valence-corrected chi connectivity index (χ4v) is 21.0. The fourth-order valence-electron chi connectivity index (χ4n) is 9.85. The van der Waals surface area contributed by atoms with Crippen LogP contribution >= 0.6 is 0 Å². The van der Waals surface area contributed by atoms with Crippen molar-refractivity contribution >= 4 is 17.1 Å². The molecule has 0 aliphatic carbocycles. The summed E-state index contributed by atoms with van der Waals surface area (Å²) < 4.78 is 68.4. The van der Waals surface area contributed by atoms with Gasteiger partial charge in [-0.25, -0.2) is 0 Å². The highest BCUT2D eigenvalue weighted by atomic mass is 28.5. The lowest BCUT2D eigenvalue weighted by molar-refractivity contribution is -0.266. The molecule has 2 aromatic rings. The summed E-state index contributed by atoms with van der Waals surface area (Å²) in [7, 11) is -3.98.